The van der Waals surface area contributed by atoms with Gasteiger partial charge < -0.3 is 14.4 Å². The molecule has 6 nitrogen and oxygen atoms in total. The molecule has 2 aromatic rings. The Kier molecular flexibility index (Phi) is 3.73. The van der Waals surface area contributed by atoms with Crippen LogP contribution in [-0.2, 0) is 9.47 Å². The highest BCUT2D eigenvalue weighted by atomic mass is 35.5. The van der Waals surface area contributed by atoms with Gasteiger partial charge in [-0.05, 0) is 17.7 Å². The predicted octanol–water partition coefficient (Wildman–Crippen LogP) is 1.97. The Hall–Kier alpha value is -1.44. The van der Waals surface area contributed by atoms with E-state index in [0.717, 1.165) is 23.6 Å². The third-order valence-corrected chi connectivity index (χ3v) is 4.29. The van der Waals surface area contributed by atoms with Crippen molar-refractivity contribution in [2.75, 3.05) is 38.3 Å². The van der Waals surface area contributed by atoms with Crippen LogP contribution in [0.25, 0.3) is 10.2 Å². The van der Waals surface area contributed by atoms with E-state index in [-0.39, 0.29) is 11.3 Å². The van der Waals surface area contributed by atoms with Crippen LogP contribution in [0, 0.1) is 0 Å². The second-order valence-corrected chi connectivity index (χ2v) is 5.62. The standard InChI is InChI=1S/C12H12ClN3O3S/c1-18-11(17)8-6-7-9(20-8)10(15-12(13)14-7)16-2-4-19-5-3-16/h6H,2-5H2,1H3. The van der Waals surface area contributed by atoms with Crippen LogP contribution in [-0.4, -0.2) is 49.4 Å². The van der Waals surface area contributed by atoms with Crippen molar-refractivity contribution in [1.29, 1.82) is 0 Å². The first-order valence-electron chi connectivity index (χ1n) is 6.07. The van der Waals surface area contributed by atoms with Crippen LogP contribution in [0.4, 0.5) is 5.82 Å². The third kappa shape index (κ3) is 2.44. The third-order valence-electron chi connectivity index (χ3n) is 3.02. The van der Waals surface area contributed by atoms with Crippen LogP contribution in [0.1, 0.15) is 9.67 Å². The Bertz CT molecular complexity index is 655. The van der Waals surface area contributed by atoms with Gasteiger partial charge in [0.2, 0.25) is 5.28 Å². The van der Waals surface area contributed by atoms with Crippen molar-refractivity contribution in [3.63, 3.8) is 0 Å². The van der Waals surface area contributed by atoms with E-state index in [2.05, 4.69) is 14.9 Å². The summed E-state index contributed by atoms with van der Waals surface area (Å²) in [6, 6.07) is 1.68. The average Bonchev–Trinajstić information content (AvgIpc) is 2.90. The molecule has 0 atom stereocenters. The second kappa shape index (κ2) is 5.51. The maximum Gasteiger partial charge on any atom is 0.348 e. The fraction of sp³-hybridized carbons (Fsp3) is 0.417. The monoisotopic (exact) mass is 313 g/mol. The van der Waals surface area contributed by atoms with Crippen LogP contribution in [0.5, 0.6) is 0 Å². The Morgan fingerprint density at radius 3 is 2.90 bits per heavy atom. The van der Waals surface area contributed by atoms with Gasteiger partial charge >= 0.3 is 5.97 Å². The molecule has 0 aliphatic carbocycles. The largest absolute Gasteiger partial charge is 0.465 e. The summed E-state index contributed by atoms with van der Waals surface area (Å²) in [6.07, 6.45) is 0. The van der Waals surface area contributed by atoms with Crippen LogP contribution in [0.3, 0.4) is 0 Å². The van der Waals surface area contributed by atoms with Gasteiger partial charge in [0.05, 0.1) is 30.5 Å². The molecule has 1 saturated heterocycles. The lowest BCUT2D eigenvalue weighted by molar-refractivity contribution is 0.0606. The molecule has 2 aromatic heterocycles. The average molecular weight is 314 g/mol. The molecule has 8 heteroatoms. The summed E-state index contributed by atoms with van der Waals surface area (Å²) in [4.78, 5) is 22.7. The van der Waals surface area contributed by atoms with Crippen molar-refractivity contribution < 1.29 is 14.3 Å². The zero-order chi connectivity index (χ0) is 14.1. The Balaban J connectivity index is 2.10. The normalized spacial score (nSPS) is 15.6. The minimum Gasteiger partial charge on any atom is -0.465 e. The summed E-state index contributed by atoms with van der Waals surface area (Å²) in [5.41, 5.74) is 0.664. The van der Waals surface area contributed by atoms with Crippen LogP contribution in [0.2, 0.25) is 5.28 Å². The maximum absolute atomic E-state index is 11.6. The fourth-order valence-corrected chi connectivity index (χ4v) is 3.28. The van der Waals surface area contributed by atoms with Gasteiger partial charge in [-0.2, -0.15) is 4.98 Å². The molecule has 3 heterocycles. The number of carbonyl (C=O) groups is 1. The number of thiophene rings is 1. The number of ether oxygens (including phenoxy) is 2. The van der Waals surface area contributed by atoms with Crippen LogP contribution in [0.15, 0.2) is 6.07 Å². The molecule has 106 valence electrons. The Morgan fingerprint density at radius 2 is 2.20 bits per heavy atom. The molecule has 3 rings (SSSR count). The zero-order valence-corrected chi connectivity index (χ0v) is 12.3. The van der Waals surface area contributed by atoms with E-state index < -0.39 is 0 Å². The molecule has 0 aromatic carbocycles. The molecule has 0 spiro atoms. The molecule has 20 heavy (non-hydrogen) atoms. The number of aromatic nitrogens is 2. The lowest BCUT2D eigenvalue weighted by Gasteiger charge is -2.28. The molecule has 0 N–H and O–H groups in total. The minimum atomic E-state index is -0.378. The highest BCUT2D eigenvalue weighted by Crippen LogP contribution is 2.33. The Labute approximate surface area is 124 Å². The lowest BCUT2D eigenvalue weighted by Crippen LogP contribution is -2.36. The summed E-state index contributed by atoms with van der Waals surface area (Å²) in [5, 5.41) is 0.174. The van der Waals surface area contributed by atoms with E-state index >= 15 is 0 Å². The number of halogens is 1. The van der Waals surface area contributed by atoms with Gasteiger partial charge in [-0.15, -0.1) is 11.3 Å². The molecule has 0 amide bonds. The van der Waals surface area contributed by atoms with E-state index in [1.807, 2.05) is 0 Å². The number of hydrogen-bond donors (Lipinski definition) is 0. The number of morpholine rings is 1. The van der Waals surface area contributed by atoms with Crippen molar-refractivity contribution in [2.24, 2.45) is 0 Å². The number of rotatable bonds is 2. The summed E-state index contributed by atoms with van der Waals surface area (Å²) in [5.74, 6) is 0.375. The first kappa shape index (κ1) is 13.5. The summed E-state index contributed by atoms with van der Waals surface area (Å²) in [7, 11) is 1.36. The predicted molar refractivity (Wildman–Crippen MR) is 76.8 cm³/mol. The van der Waals surface area contributed by atoms with Gasteiger partial charge in [-0.1, -0.05) is 0 Å². The van der Waals surface area contributed by atoms with Crippen molar-refractivity contribution in [3.8, 4) is 0 Å². The van der Waals surface area contributed by atoms with Crippen LogP contribution >= 0.6 is 22.9 Å². The van der Waals surface area contributed by atoms with E-state index in [1.165, 1.54) is 18.4 Å². The molecule has 0 radical (unpaired) electrons. The van der Waals surface area contributed by atoms with Gasteiger partial charge in [-0.25, -0.2) is 9.78 Å². The molecule has 1 aliphatic heterocycles. The number of esters is 1. The second-order valence-electron chi connectivity index (χ2n) is 4.23. The molecule has 1 aliphatic rings. The SMILES string of the molecule is COC(=O)c1cc2nc(Cl)nc(N3CCOCC3)c2s1. The number of carbonyl (C=O) groups excluding carboxylic acids is 1. The van der Waals surface area contributed by atoms with Gasteiger partial charge in [0, 0.05) is 13.1 Å². The number of anilines is 1. The van der Waals surface area contributed by atoms with E-state index in [1.54, 1.807) is 6.07 Å². The van der Waals surface area contributed by atoms with Crippen molar-refractivity contribution in [2.45, 2.75) is 0 Å². The van der Waals surface area contributed by atoms with E-state index in [0.29, 0.717) is 23.6 Å². The van der Waals surface area contributed by atoms with Gasteiger partial charge in [0.25, 0.3) is 0 Å². The highest BCUT2D eigenvalue weighted by Gasteiger charge is 2.20. The molecular weight excluding hydrogens is 302 g/mol. The molecule has 0 unspecified atom stereocenters. The zero-order valence-electron chi connectivity index (χ0n) is 10.8. The summed E-state index contributed by atoms with van der Waals surface area (Å²) in [6.45, 7) is 2.79. The van der Waals surface area contributed by atoms with Crippen molar-refractivity contribution >= 4 is 44.9 Å². The lowest BCUT2D eigenvalue weighted by atomic mass is 10.3. The van der Waals surface area contributed by atoms with Gasteiger partial charge in [0.15, 0.2) is 5.82 Å². The summed E-state index contributed by atoms with van der Waals surface area (Å²) >= 11 is 7.29. The highest BCUT2D eigenvalue weighted by molar-refractivity contribution is 7.21. The first-order valence-corrected chi connectivity index (χ1v) is 7.26. The van der Waals surface area contributed by atoms with Crippen LogP contribution < -0.4 is 4.90 Å². The van der Waals surface area contributed by atoms with Crippen molar-refractivity contribution in [1.82, 2.24) is 9.97 Å². The summed E-state index contributed by atoms with van der Waals surface area (Å²) < 4.78 is 10.9. The quantitative estimate of drug-likeness (QED) is 0.624. The number of hydrogen-bond acceptors (Lipinski definition) is 7. The van der Waals surface area contributed by atoms with Gasteiger partial charge in [-0.3, -0.25) is 0 Å². The Morgan fingerprint density at radius 1 is 1.45 bits per heavy atom. The number of fused-ring (bicyclic) bond motifs is 1. The maximum atomic E-state index is 11.6. The first-order chi connectivity index (χ1) is 9.69. The number of nitrogens with zero attached hydrogens (tertiary/aromatic N) is 3. The van der Waals surface area contributed by atoms with Crippen molar-refractivity contribution in [3.05, 3.63) is 16.2 Å². The minimum absolute atomic E-state index is 0.174. The molecule has 0 saturated carbocycles. The molecule has 0 bridgehead atoms. The number of methoxy groups -OCH3 is 1. The van der Waals surface area contributed by atoms with E-state index in [4.69, 9.17) is 21.1 Å². The van der Waals surface area contributed by atoms with E-state index in [9.17, 15) is 4.79 Å². The topological polar surface area (TPSA) is 64.5 Å². The smallest absolute Gasteiger partial charge is 0.348 e. The van der Waals surface area contributed by atoms with Gasteiger partial charge in [0.1, 0.15) is 4.88 Å². The molecule has 1 fully saturated rings. The fourth-order valence-electron chi connectivity index (χ4n) is 2.08. The molecular formula is C12H12ClN3O3S.